The van der Waals surface area contributed by atoms with Crippen LogP contribution in [0, 0.1) is 0 Å². The van der Waals surface area contributed by atoms with E-state index in [1.165, 1.54) is 11.0 Å². The molecule has 2 aromatic rings. The van der Waals surface area contributed by atoms with Gasteiger partial charge in [0, 0.05) is 44.8 Å². The maximum atomic E-state index is 11.8. The van der Waals surface area contributed by atoms with Crippen molar-refractivity contribution in [2.75, 3.05) is 19.4 Å². The summed E-state index contributed by atoms with van der Waals surface area (Å²) in [6, 6.07) is 10.8. The van der Waals surface area contributed by atoms with Gasteiger partial charge in [0.05, 0.1) is 0 Å². The monoisotopic (exact) mass is 324 g/mol. The van der Waals surface area contributed by atoms with Crippen molar-refractivity contribution < 1.29 is 9.59 Å². The van der Waals surface area contributed by atoms with Gasteiger partial charge in [0.25, 0.3) is 0 Å². The number of nitrogens with one attached hydrogen (secondary N) is 2. The van der Waals surface area contributed by atoms with E-state index in [4.69, 9.17) is 0 Å². The fourth-order valence-electron chi connectivity index (χ4n) is 1.89. The van der Waals surface area contributed by atoms with Crippen molar-refractivity contribution in [1.29, 1.82) is 0 Å². The maximum Gasteiger partial charge on any atom is 0.321 e. The van der Waals surface area contributed by atoms with Crippen LogP contribution in [0.2, 0.25) is 0 Å². The number of carbonyl (C=O) groups excluding carboxylic acids is 2. The Morgan fingerprint density at radius 3 is 2.75 bits per heavy atom. The predicted molar refractivity (Wildman–Crippen MR) is 94.3 cm³/mol. The first-order valence-electron chi connectivity index (χ1n) is 7.48. The number of amides is 3. The molecule has 0 fully saturated rings. The van der Waals surface area contributed by atoms with Crippen molar-refractivity contribution in [1.82, 2.24) is 15.2 Å². The van der Waals surface area contributed by atoms with Crippen molar-refractivity contribution in [2.24, 2.45) is 0 Å². The number of aromatic nitrogens is 1. The number of nitrogens with zero attached hydrogens (tertiary/aromatic N) is 2. The SMILES string of the molecule is CN(C)C(=O)Nc1cccc(CNC(=O)/C=C\c2cccnc2)c1. The van der Waals surface area contributed by atoms with Gasteiger partial charge < -0.3 is 15.5 Å². The molecule has 2 N–H and O–H groups in total. The Morgan fingerprint density at radius 2 is 2.04 bits per heavy atom. The summed E-state index contributed by atoms with van der Waals surface area (Å²) in [6.07, 6.45) is 6.53. The Morgan fingerprint density at radius 1 is 1.21 bits per heavy atom. The number of urea groups is 1. The average molecular weight is 324 g/mol. The van der Waals surface area contributed by atoms with Gasteiger partial charge in [-0.15, -0.1) is 0 Å². The number of hydrogen-bond donors (Lipinski definition) is 2. The van der Waals surface area contributed by atoms with Gasteiger partial charge in [-0.3, -0.25) is 9.78 Å². The highest BCUT2D eigenvalue weighted by Gasteiger charge is 2.04. The van der Waals surface area contributed by atoms with E-state index < -0.39 is 0 Å². The topological polar surface area (TPSA) is 74.3 Å². The predicted octanol–water partition coefficient (Wildman–Crippen LogP) is 2.50. The van der Waals surface area contributed by atoms with E-state index in [-0.39, 0.29) is 11.9 Å². The average Bonchev–Trinajstić information content (AvgIpc) is 2.59. The Hall–Kier alpha value is -3.15. The second-order valence-electron chi connectivity index (χ2n) is 5.36. The Kier molecular flexibility index (Phi) is 6.08. The molecule has 1 heterocycles. The smallest absolute Gasteiger partial charge is 0.321 e. The summed E-state index contributed by atoms with van der Waals surface area (Å²) in [5.41, 5.74) is 2.45. The molecule has 0 aliphatic rings. The van der Waals surface area contributed by atoms with Crippen molar-refractivity contribution >= 4 is 23.7 Å². The summed E-state index contributed by atoms with van der Waals surface area (Å²) in [5.74, 6) is -0.193. The third-order valence-corrected chi connectivity index (χ3v) is 3.16. The molecule has 6 heteroatoms. The molecule has 0 saturated carbocycles. The van der Waals surface area contributed by atoms with Gasteiger partial charge >= 0.3 is 6.03 Å². The van der Waals surface area contributed by atoms with Crippen molar-refractivity contribution in [3.05, 3.63) is 66.0 Å². The van der Waals surface area contributed by atoms with E-state index in [0.717, 1.165) is 11.1 Å². The zero-order valence-electron chi connectivity index (χ0n) is 13.7. The minimum Gasteiger partial charge on any atom is -0.348 e. The van der Waals surface area contributed by atoms with E-state index in [0.29, 0.717) is 12.2 Å². The number of anilines is 1. The Labute approximate surface area is 141 Å². The lowest BCUT2D eigenvalue weighted by atomic mass is 10.2. The molecule has 6 nitrogen and oxygen atoms in total. The van der Waals surface area contributed by atoms with Crippen LogP contribution in [0.4, 0.5) is 10.5 Å². The van der Waals surface area contributed by atoms with E-state index in [9.17, 15) is 9.59 Å². The van der Waals surface area contributed by atoms with Gasteiger partial charge in [-0.25, -0.2) is 4.79 Å². The summed E-state index contributed by atoms with van der Waals surface area (Å²) in [4.78, 5) is 28.9. The van der Waals surface area contributed by atoms with Gasteiger partial charge in [-0.1, -0.05) is 18.2 Å². The van der Waals surface area contributed by atoms with Gasteiger partial charge in [-0.2, -0.15) is 0 Å². The quantitative estimate of drug-likeness (QED) is 0.830. The van der Waals surface area contributed by atoms with Crippen LogP contribution in [0.15, 0.2) is 54.9 Å². The Bertz CT molecular complexity index is 727. The fraction of sp³-hybridized carbons (Fsp3) is 0.167. The summed E-state index contributed by atoms with van der Waals surface area (Å²) in [6.45, 7) is 0.377. The second-order valence-corrected chi connectivity index (χ2v) is 5.36. The highest BCUT2D eigenvalue weighted by Crippen LogP contribution is 2.11. The molecular formula is C18H20N4O2. The summed E-state index contributed by atoms with van der Waals surface area (Å²) < 4.78 is 0. The third-order valence-electron chi connectivity index (χ3n) is 3.16. The van der Waals surface area contributed by atoms with Crippen LogP contribution in [0.25, 0.3) is 6.08 Å². The van der Waals surface area contributed by atoms with Gasteiger partial charge in [0.15, 0.2) is 0 Å². The minimum absolute atomic E-state index is 0.193. The highest BCUT2D eigenvalue weighted by atomic mass is 16.2. The largest absolute Gasteiger partial charge is 0.348 e. The molecule has 0 aliphatic carbocycles. The summed E-state index contributed by atoms with van der Waals surface area (Å²) in [7, 11) is 3.35. The molecular weight excluding hydrogens is 304 g/mol. The van der Waals surface area contributed by atoms with Crippen molar-refractivity contribution in [2.45, 2.75) is 6.54 Å². The molecule has 0 radical (unpaired) electrons. The molecule has 0 saturated heterocycles. The standard InChI is InChI=1S/C18H20N4O2/c1-22(2)18(24)21-16-7-3-5-15(11-16)13-20-17(23)9-8-14-6-4-10-19-12-14/h3-12H,13H2,1-2H3,(H,20,23)(H,21,24)/b9-8-. The maximum absolute atomic E-state index is 11.8. The molecule has 0 aliphatic heterocycles. The molecule has 0 atom stereocenters. The van der Waals surface area contributed by atoms with Crippen LogP contribution in [0.5, 0.6) is 0 Å². The lowest BCUT2D eigenvalue weighted by Crippen LogP contribution is -2.27. The van der Waals surface area contributed by atoms with Crippen LogP contribution >= 0.6 is 0 Å². The zero-order chi connectivity index (χ0) is 17.4. The Balaban J connectivity index is 1.88. The summed E-state index contributed by atoms with van der Waals surface area (Å²) in [5, 5.41) is 5.57. The zero-order valence-corrected chi connectivity index (χ0v) is 13.7. The molecule has 0 bridgehead atoms. The molecule has 2 rings (SSSR count). The van der Waals surface area contributed by atoms with Crippen molar-refractivity contribution in [3.8, 4) is 0 Å². The lowest BCUT2D eigenvalue weighted by Gasteiger charge is -2.12. The normalized spacial score (nSPS) is 10.4. The third kappa shape index (κ3) is 5.57. The molecule has 3 amide bonds. The van der Waals surface area contributed by atoms with Gasteiger partial charge in [0.2, 0.25) is 5.91 Å². The van der Waals surface area contributed by atoms with Gasteiger partial charge in [-0.05, 0) is 35.4 Å². The van der Waals surface area contributed by atoms with Crippen LogP contribution in [-0.4, -0.2) is 35.9 Å². The molecule has 0 spiro atoms. The first kappa shape index (κ1) is 17.2. The highest BCUT2D eigenvalue weighted by molar-refractivity contribution is 5.91. The number of pyridine rings is 1. The number of benzene rings is 1. The number of hydrogen-bond acceptors (Lipinski definition) is 3. The number of carbonyl (C=O) groups is 2. The van der Waals surface area contributed by atoms with Gasteiger partial charge in [0.1, 0.15) is 0 Å². The second kappa shape index (κ2) is 8.47. The van der Waals surface area contributed by atoms with E-state index in [1.54, 1.807) is 38.6 Å². The van der Waals surface area contributed by atoms with Crippen LogP contribution in [0.1, 0.15) is 11.1 Å². The molecule has 1 aromatic carbocycles. The lowest BCUT2D eigenvalue weighted by molar-refractivity contribution is -0.116. The van der Waals surface area contributed by atoms with Crippen LogP contribution in [-0.2, 0) is 11.3 Å². The molecule has 0 unspecified atom stereocenters. The molecule has 1 aromatic heterocycles. The summed E-state index contributed by atoms with van der Waals surface area (Å²) >= 11 is 0. The molecule has 124 valence electrons. The van der Waals surface area contributed by atoms with Crippen LogP contribution in [0.3, 0.4) is 0 Å². The van der Waals surface area contributed by atoms with E-state index >= 15 is 0 Å². The molecule has 24 heavy (non-hydrogen) atoms. The first-order chi connectivity index (χ1) is 11.5. The van der Waals surface area contributed by atoms with E-state index in [1.807, 2.05) is 30.3 Å². The first-order valence-corrected chi connectivity index (χ1v) is 7.48. The van der Waals surface area contributed by atoms with Crippen molar-refractivity contribution in [3.63, 3.8) is 0 Å². The minimum atomic E-state index is -0.199. The fourth-order valence-corrected chi connectivity index (χ4v) is 1.89. The van der Waals surface area contributed by atoms with Crippen LogP contribution < -0.4 is 10.6 Å². The number of rotatable bonds is 5. The van der Waals surface area contributed by atoms with E-state index in [2.05, 4.69) is 15.6 Å².